The number of nitro groups is 1. The number of anilines is 1. The number of ether oxygens (including phenoxy) is 2. The van der Waals surface area contributed by atoms with Crippen molar-refractivity contribution in [3.05, 3.63) is 57.1 Å². The number of benzene rings is 2. The van der Waals surface area contributed by atoms with Gasteiger partial charge in [0.15, 0.2) is 0 Å². The lowest BCUT2D eigenvalue weighted by atomic mass is 10.1. The second kappa shape index (κ2) is 8.81. The Labute approximate surface area is 169 Å². The highest BCUT2D eigenvalue weighted by Crippen LogP contribution is 2.35. The first-order valence-electron chi connectivity index (χ1n) is 9.68. The molecule has 0 aromatic heterocycles. The molecule has 0 spiro atoms. The number of carbonyl (C=O) groups is 1. The number of fused-ring (bicyclic) bond motifs is 1. The molecule has 1 aliphatic heterocycles. The Hall–Kier alpha value is -3.29. The van der Waals surface area contributed by atoms with Crippen molar-refractivity contribution in [2.45, 2.75) is 39.8 Å². The Morgan fingerprint density at radius 3 is 2.79 bits per heavy atom. The molecule has 8 heteroatoms. The number of rotatable bonds is 8. The fourth-order valence-corrected chi connectivity index (χ4v) is 3.35. The minimum absolute atomic E-state index is 0.111. The number of hydrogen-bond donors (Lipinski definition) is 2. The molecule has 3 rings (SSSR count). The van der Waals surface area contributed by atoms with Crippen molar-refractivity contribution in [2.24, 2.45) is 0 Å². The summed E-state index contributed by atoms with van der Waals surface area (Å²) in [5, 5.41) is 17.0. The van der Waals surface area contributed by atoms with E-state index in [0.717, 1.165) is 23.3 Å². The summed E-state index contributed by atoms with van der Waals surface area (Å²) in [6, 6.07) is 8.25. The van der Waals surface area contributed by atoms with Crippen molar-refractivity contribution in [2.75, 3.05) is 18.5 Å². The highest BCUT2D eigenvalue weighted by Gasteiger charge is 2.22. The summed E-state index contributed by atoms with van der Waals surface area (Å²) in [4.78, 5) is 23.4. The number of hydrogen-bond acceptors (Lipinski definition) is 6. The minimum atomic E-state index is -0.499. The van der Waals surface area contributed by atoms with Gasteiger partial charge in [-0.25, -0.2) is 0 Å². The van der Waals surface area contributed by atoms with Gasteiger partial charge in [-0.3, -0.25) is 14.9 Å². The lowest BCUT2D eigenvalue weighted by molar-refractivity contribution is -0.384. The molecule has 1 amide bonds. The summed E-state index contributed by atoms with van der Waals surface area (Å²) in [5.41, 5.74) is 2.37. The summed E-state index contributed by atoms with van der Waals surface area (Å²) in [6.45, 7) is 7.04. The van der Waals surface area contributed by atoms with Gasteiger partial charge in [-0.2, -0.15) is 0 Å². The van der Waals surface area contributed by atoms with E-state index in [4.69, 9.17) is 9.47 Å². The quantitative estimate of drug-likeness (QED) is 0.518. The predicted octanol–water partition coefficient (Wildman–Crippen LogP) is 3.68. The maximum absolute atomic E-state index is 12.6. The Balaban J connectivity index is 1.78. The van der Waals surface area contributed by atoms with E-state index in [1.54, 1.807) is 12.1 Å². The van der Waals surface area contributed by atoms with Crippen LogP contribution in [0.2, 0.25) is 0 Å². The molecule has 1 heterocycles. The van der Waals surface area contributed by atoms with Gasteiger partial charge in [-0.15, -0.1) is 0 Å². The Kier molecular flexibility index (Phi) is 6.21. The van der Waals surface area contributed by atoms with E-state index in [-0.39, 0.29) is 23.9 Å². The topological polar surface area (TPSA) is 103 Å². The number of nitrogens with zero attached hydrogens (tertiary/aromatic N) is 1. The summed E-state index contributed by atoms with van der Waals surface area (Å²) in [5.74, 6) is 1.11. The lowest BCUT2D eigenvalue weighted by Gasteiger charge is -2.13. The van der Waals surface area contributed by atoms with Gasteiger partial charge in [0.1, 0.15) is 23.3 Å². The molecule has 8 nitrogen and oxygen atoms in total. The van der Waals surface area contributed by atoms with E-state index in [1.807, 2.05) is 32.9 Å². The number of nitrogens with one attached hydrogen (secondary N) is 2. The summed E-state index contributed by atoms with van der Waals surface area (Å²) >= 11 is 0. The van der Waals surface area contributed by atoms with E-state index in [1.165, 1.54) is 6.07 Å². The molecule has 0 bridgehead atoms. The van der Waals surface area contributed by atoms with Crippen LogP contribution in [-0.4, -0.2) is 30.1 Å². The van der Waals surface area contributed by atoms with Crippen molar-refractivity contribution < 1.29 is 19.2 Å². The average molecular weight is 399 g/mol. The van der Waals surface area contributed by atoms with Crippen LogP contribution >= 0.6 is 0 Å². The highest BCUT2D eigenvalue weighted by atomic mass is 16.6. The van der Waals surface area contributed by atoms with Crippen LogP contribution in [0.25, 0.3) is 0 Å². The number of nitro benzene ring substituents is 1. The first-order valence-corrected chi connectivity index (χ1v) is 9.68. The molecule has 2 aromatic rings. The fourth-order valence-electron chi connectivity index (χ4n) is 3.35. The highest BCUT2D eigenvalue weighted by molar-refractivity contribution is 5.95. The maximum atomic E-state index is 12.6. The standard InChI is InChI=1S/C21H25N3O5/c1-4-22-17-7-6-14(9-18(17)24(26)27)21(25)23-12-16-11-20-15(8-13(3)29-20)10-19(16)28-5-2/h6-7,9-11,13,22H,4-5,8,12H2,1-3H3,(H,23,25)/t13-/m1/s1. The molecular weight excluding hydrogens is 374 g/mol. The molecule has 0 saturated heterocycles. The van der Waals surface area contributed by atoms with Gasteiger partial charge in [0.2, 0.25) is 0 Å². The Bertz CT molecular complexity index is 929. The minimum Gasteiger partial charge on any atom is -0.494 e. The normalized spacial score (nSPS) is 14.7. The third kappa shape index (κ3) is 4.59. The smallest absolute Gasteiger partial charge is 0.293 e. The van der Waals surface area contributed by atoms with Gasteiger partial charge in [-0.05, 0) is 45.0 Å². The van der Waals surface area contributed by atoms with Crippen LogP contribution in [0.3, 0.4) is 0 Å². The molecule has 0 fully saturated rings. The van der Waals surface area contributed by atoms with Crippen LogP contribution in [0, 0.1) is 10.1 Å². The van der Waals surface area contributed by atoms with E-state index < -0.39 is 10.8 Å². The van der Waals surface area contributed by atoms with Gasteiger partial charge in [0.05, 0.1) is 11.5 Å². The summed E-state index contributed by atoms with van der Waals surface area (Å²) in [7, 11) is 0. The second-order valence-corrected chi connectivity index (χ2v) is 6.84. The molecule has 2 aromatic carbocycles. The zero-order valence-electron chi connectivity index (χ0n) is 16.8. The SMILES string of the molecule is CCNc1ccc(C(=O)NCc2cc3c(cc2OCC)C[C@@H](C)O3)cc1[N+](=O)[O-]. The van der Waals surface area contributed by atoms with E-state index in [2.05, 4.69) is 10.6 Å². The van der Waals surface area contributed by atoms with Crippen LogP contribution in [0.5, 0.6) is 11.5 Å². The average Bonchev–Trinajstić information content (AvgIpc) is 3.05. The Morgan fingerprint density at radius 1 is 1.31 bits per heavy atom. The largest absolute Gasteiger partial charge is 0.494 e. The van der Waals surface area contributed by atoms with Gasteiger partial charge >= 0.3 is 0 Å². The molecule has 0 saturated carbocycles. The van der Waals surface area contributed by atoms with Crippen molar-refractivity contribution in [1.29, 1.82) is 0 Å². The van der Waals surface area contributed by atoms with Gasteiger partial charge in [0.25, 0.3) is 11.6 Å². The third-order valence-corrected chi connectivity index (χ3v) is 4.64. The second-order valence-electron chi connectivity index (χ2n) is 6.84. The molecule has 154 valence electrons. The van der Waals surface area contributed by atoms with Crippen molar-refractivity contribution >= 4 is 17.3 Å². The van der Waals surface area contributed by atoms with Gasteiger partial charge in [0, 0.05) is 42.3 Å². The van der Waals surface area contributed by atoms with E-state index in [0.29, 0.717) is 24.6 Å². The third-order valence-electron chi connectivity index (χ3n) is 4.64. The Morgan fingerprint density at radius 2 is 2.10 bits per heavy atom. The van der Waals surface area contributed by atoms with Gasteiger partial charge < -0.3 is 20.1 Å². The van der Waals surface area contributed by atoms with E-state index >= 15 is 0 Å². The van der Waals surface area contributed by atoms with Crippen LogP contribution < -0.4 is 20.1 Å². The molecule has 0 unspecified atom stereocenters. The van der Waals surface area contributed by atoms with Crippen molar-refractivity contribution in [3.8, 4) is 11.5 Å². The zero-order chi connectivity index (χ0) is 21.0. The maximum Gasteiger partial charge on any atom is 0.293 e. The monoisotopic (exact) mass is 399 g/mol. The molecule has 0 radical (unpaired) electrons. The first kappa shape index (κ1) is 20.4. The van der Waals surface area contributed by atoms with Crippen molar-refractivity contribution in [1.82, 2.24) is 5.32 Å². The number of carbonyl (C=O) groups excluding carboxylic acids is 1. The molecule has 1 atom stereocenters. The molecule has 1 aliphatic rings. The molecule has 29 heavy (non-hydrogen) atoms. The van der Waals surface area contributed by atoms with Gasteiger partial charge in [-0.1, -0.05) is 0 Å². The molecule has 2 N–H and O–H groups in total. The van der Waals surface area contributed by atoms with Crippen molar-refractivity contribution in [3.63, 3.8) is 0 Å². The zero-order valence-corrected chi connectivity index (χ0v) is 16.8. The summed E-state index contributed by atoms with van der Waals surface area (Å²) in [6.07, 6.45) is 0.934. The molecule has 0 aliphatic carbocycles. The lowest BCUT2D eigenvalue weighted by Crippen LogP contribution is -2.23. The summed E-state index contributed by atoms with van der Waals surface area (Å²) < 4.78 is 11.5. The fraction of sp³-hybridized carbons (Fsp3) is 0.381. The van der Waals surface area contributed by atoms with Crippen LogP contribution in [-0.2, 0) is 13.0 Å². The predicted molar refractivity (Wildman–Crippen MR) is 110 cm³/mol. The van der Waals surface area contributed by atoms with E-state index in [9.17, 15) is 14.9 Å². The molecular formula is C21H25N3O5. The van der Waals surface area contributed by atoms with Crippen LogP contribution in [0.1, 0.15) is 42.3 Å². The number of amides is 1. The van der Waals surface area contributed by atoms with Crippen LogP contribution in [0.4, 0.5) is 11.4 Å². The van der Waals surface area contributed by atoms with Crippen LogP contribution in [0.15, 0.2) is 30.3 Å². The first-order chi connectivity index (χ1) is 13.9.